The Balaban J connectivity index is 1.56. The molecular weight excluding hydrogens is 424 g/mol. The van der Waals surface area contributed by atoms with Crippen molar-refractivity contribution in [2.24, 2.45) is 0 Å². The maximum absolute atomic E-state index is 13.2. The Morgan fingerprint density at radius 2 is 1.85 bits per heavy atom. The molecule has 0 saturated heterocycles. The summed E-state index contributed by atoms with van der Waals surface area (Å²) in [5.74, 6) is 1.21. The predicted molar refractivity (Wildman–Crippen MR) is 135 cm³/mol. The highest BCUT2D eigenvalue weighted by Crippen LogP contribution is 2.36. The van der Waals surface area contributed by atoms with E-state index in [1.54, 1.807) is 13.3 Å². The van der Waals surface area contributed by atoms with Crippen LogP contribution in [0.2, 0.25) is 0 Å². The van der Waals surface area contributed by atoms with E-state index in [4.69, 9.17) is 4.74 Å². The molecule has 4 aromatic rings. The van der Waals surface area contributed by atoms with Crippen molar-refractivity contribution in [1.82, 2.24) is 9.78 Å². The van der Waals surface area contributed by atoms with Gasteiger partial charge >= 0.3 is 0 Å². The third kappa shape index (κ3) is 4.18. The Morgan fingerprint density at radius 1 is 1.06 bits per heavy atom. The highest BCUT2D eigenvalue weighted by atomic mass is 16.5. The van der Waals surface area contributed by atoms with Gasteiger partial charge in [0.05, 0.1) is 19.3 Å². The van der Waals surface area contributed by atoms with Gasteiger partial charge in [0, 0.05) is 11.4 Å². The lowest BCUT2D eigenvalue weighted by Crippen LogP contribution is -2.22. The minimum absolute atomic E-state index is 0.203. The fourth-order valence-electron chi connectivity index (χ4n) is 4.13. The van der Waals surface area contributed by atoms with Crippen molar-refractivity contribution in [2.45, 2.75) is 19.4 Å². The van der Waals surface area contributed by atoms with Crippen LogP contribution in [0.15, 0.2) is 91.1 Å². The van der Waals surface area contributed by atoms with Crippen LogP contribution < -0.4 is 15.4 Å². The van der Waals surface area contributed by atoms with Crippen molar-refractivity contribution in [3.63, 3.8) is 0 Å². The van der Waals surface area contributed by atoms with Crippen molar-refractivity contribution in [1.29, 1.82) is 0 Å². The van der Waals surface area contributed by atoms with Gasteiger partial charge in [0.1, 0.15) is 17.1 Å². The quantitative estimate of drug-likeness (QED) is 0.392. The number of fused-ring (bicyclic) bond motifs is 1. The standard InChI is InChI=1S/C28H26N4O2/c1-3-19-12-14-20(15-13-19)25-17-26(21-8-7-11-23(16-21)34-2)32-27(31-25)24(18-29-32)28(33)30-22-9-5-4-6-10-22/h4-18,26,31H,3H2,1-2H3,(H,30,33). The van der Waals surface area contributed by atoms with Crippen molar-refractivity contribution < 1.29 is 9.53 Å². The zero-order valence-corrected chi connectivity index (χ0v) is 19.2. The second-order valence-electron chi connectivity index (χ2n) is 8.15. The van der Waals surface area contributed by atoms with Crippen LogP contribution in [0, 0.1) is 0 Å². The predicted octanol–water partition coefficient (Wildman–Crippen LogP) is 5.76. The van der Waals surface area contributed by atoms with Crippen molar-refractivity contribution in [3.05, 3.63) is 113 Å². The number of hydrogen-bond donors (Lipinski definition) is 2. The second-order valence-corrected chi connectivity index (χ2v) is 8.15. The van der Waals surface area contributed by atoms with Crippen LogP contribution in [0.25, 0.3) is 5.70 Å². The van der Waals surface area contributed by atoms with E-state index in [-0.39, 0.29) is 11.9 Å². The maximum atomic E-state index is 13.2. The van der Waals surface area contributed by atoms with Crippen LogP contribution in [-0.4, -0.2) is 22.8 Å². The number of allylic oxidation sites excluding steroid dienone is 1. The summed E-state index contributed by atoms with van der Waals surface area (Å²) in [6, 6.07) is 25.6. The lowest BCUT2D eigenvalue weighted by atomic mass is 10.00. The number of anilines is 2. The minimum atomic E-state index is -0.216. The molecule has 0 fully saturated rings. The number of carbonyl (C=O) groups is 1. The largest absolute Gasteiger partial charge is 0.497 e. The molecule has 1 unspecified atom stereocenters. The number of carbonyl (C=O) groups excluding carboxylic acids is 1. The van der Waals surface area contributed by atoms with Crippen LogP contribution >= 0.6 is 0 Å². The van der Waals surface area contributed by atoms with Gasteiger partial charge in [0.15, 0.2) is 0 Å². The highest BCUT2D eigenvalue weighted by molar-refractivity contribution is 6.08. The van der Waals surface area contributed by atoms with Gasteiger partial charge in [-0.3, -0.25) is 4.79 Å². The Bertz CT molecular complexity index is 1340. The number of benzene rings is 3. The Hall–Kier alpha value is -4.32. The summed E-state index contributed by atoms with van der Waals surface area (Å²) in [6.07, 6.45) is 4.73. The molecule has 1 atom stereocenters. The molecule has 3 aromatic carbocycles. The summed E-state index contributed by atoms with van der Waals surface area (Å²) in [7, 11) is 1.66. The average Bonchev–Trinajstić information content (AvgIpc) is 3.33. The number of para-hydroxylation sites is 1. The van der Waals surface area contributed by atoms with Crippen LogP contribution in [0.3, 0.4) is 0 Å². The van der Waals surface area contributed by atoms with Crippen LogP contribution in [0.4, 0.5) is 11.5 Å². The molecule has 2 N–H and O–H groups in total. The van der Waals surface area contributed by atoms with Crippen molar-refractivity contribution in [3.8, 4) is 5.75 Å². The second kappa shape index (κ2) is 9.27. The number of hydrogen-bond acceptors (Lipinski definition) is 4. The fourth-order valence-corrected chi connectivity index (χ4v) is 4.13. The molecule has 170 valence electrons. The summed E-state index contributed by atoms with van der Waals surface area (Å²) < 4.78 is 7.30. The number of nitrogens with one attached hydrogen (secondary N) is 2. The molecule has 2 heterocycles. The topological polar surface area (TPSA) is 68.2 Å². The zero-order valence-electron chi connectivity index (χ0n) is 19.2. The summed E-state index contributed by atoms with van der Waals surface area (Å²) in [4.78, 5) is 13.2. The first-order valence-electron chi connectivity index (χ1n) is 11.3. The van der Waals surface area contributed by atoms with Crippen LogP contribution in [-0.2, 0) is 6.42 Å². The Labute approximate surface area is 198 Å². The first kappa shape index (κ1) is 21.5. The first-order valence-corrected chi connectivity index (χ1v) is 11.3. The molecule has 1 aromatic heterocycles. The lowest BCUT2D eigenvalue weighted by molar-refractivity contribution is 0.102. The van der Waals surface area contributed by atoms with Gasteiger partial charge < -0.3 is 15.4 Å². The number of aromatic nitrogens is 2. The van der Waals surface area contributed by atoms with Gasteiger partial charge in [-0.25, -0.2) is 4.68 Å². The summed E-state index contributed by atoms with van der Waals surface area (Å²) in [6.45, 7) is 2.14. The van der Waals surface area contributed by atoms with Gasteiger partial charge in [-0.05, 0) is 53.5 Å². The average molecular weight is 451 g/mol. The zero-order chi connectivity index (χ0) is 23.5. The molecular formula is C28H26N4O2. The Kier molecular flexibility index (Phi) is 5.87. The van der Waals surface area contributed by atoms with E-state index in [0.717, 1.165) is 34.7 Å². The molecule has 0 radical (unpaired) electrons. The molecule has 6 heteroatoms. The molecule has 1 aliphatic rings. The van der Waals surface area contributed by atoms with Crippen molar-refractivity contribution in [2.75, 3.05) is 17.7 Å². The summed E-state index contributed by atoms with van der Waals surface area (Å²) >= 11 is 0. The number of methoxy groups -OCH3 is 1. The third-order valence-electron chi connectivity index (χ3n) is 6.02. The molecule has 1 aliphatic heterocycles. The summed E-state index contributed by atoms with van der Waals surface area (Å²) in [5, 5.41) is 11.0. The smallest absolute Gasteiger partial charge is 0.261 e. The van der Waals surface area contributed by atoms with E-state index >= 15 is 0 Å². The number of amides is 1. The molecule has 0 saturated carbocycles. The van der Waals surface area contributed by atoms with Gasteiger partial charge in [0.2, 0.25) is 0 Å². The van der Waals surface area contributed by atoms with E-state index in [1.807, 2.05) is 59.3 Å². The van der Waals surface area contributed by atoms with Crippen LogP contribution in [0.1, 0.15) is 40.0 Å². The van der Waals surface area contributed by atoms with E-state index in [2.05, 4.69) is 53.0 Å². The van der Waals surface area contributed by atoms with Gasteiger partial charge in [-0.1, -0.05) is 61.5 Å². The normalized spacial score (nSPS) is 14.5. The molecule has 6 nitrogen and oxygen atoms in total. The lowest BCUT2D eigenvalue weighted by Gasteiger charge is -2.26. The number of ether oxygens (including phenoxy) is 1. The third-order valence-corrected chi connectivity index (χ3v) is 6.02. The molecule has 0 aliphatic carbocycles. The molecule has 5 rings (SSSR count). The fraction of sp³-hybridized carbons (Fsp3) is 0.143. The SMILES string of the molecule is CCc1ccc(C2=CC(c3cccc(OC)c3)n3ncc(C(=O)Nc4ccccc4)c3N2)cc1. The highest BCUT2D eigenvalue weighted by Gasteiger charge is 2.28. The number of aryl methyl sites for hydroxylation is 1. The van der Waals surface area contributed by atoms with E-state index in [0.29, 0.717) is 11.4 Å². The number of nitrogens with zero attached hydrogens (tertiary/aromatic N) is 2. The molecule has 1 amide bonds. The minimum Gasteiger partial charge on any atom is -0.497 e. The van der Waals surface area contributed by atoms with Gasteiger partial charge in [-0.15, -0.1) is 0 Å². The molecule has 34 heavy (non-hydrogen) atoms. The molecule has 0 spiro atoms. The maximum Gasteiger partial charge on any atom is 0.261 e. The van der Waals surface area contributed by atoms with Gasteiger partial charge in [0.25, 0.3) is 5.91 Å². The van der Waals surface area contributed by atoms with E-state index in [1.165, 1.54) is 5.56 Å². The van der Waals surface area contributed by atoms with E-state index in [9.17, 15) is 4.79 Å². The first-order chi connectivity index (χ1) is 16.7. The van der Waals surface area contributed by atoms with Crippen LogP contribution in [0.5, 0.6) is 5.75 Å². The van der Waals surface area contributed by atoms with Gasteiger partial charge in [-0.2, -0.15) is 5.10 Å². The summed E-state index contributed by atoms with van der Waals surface area (Å²) in [5.41, 5.74) is 5.48. The monoisotopic (exact) mass is 450 g/mol. The van der Waals surface area contributed by atoms with Crippen molar-refractivity contribution >= 4 is 23.1 Å². The number of rotatable bonds is 6. The molecule has 0 bridgehead atoms. The Morgan fingerprint density at radius 3 is 2.59 bits per heavy atom. The van der Waals surface area contributed by atoms with E-state index < -0.39 is 0 Å².